The molecule has 0 unspecified atom stereocenters. The third kappa shape index (κ3) is 4.83. The zero-order valence-electron chi connectivity index (χ0n) is 13.6. The minimum absolute atomic E-state index is 0.0864. The van der Waals surface area contributed by atoms with E-state index in [4.69, 9.17) is 14.2 Å². The Hall–Kier alpha value is -1.58. The van der Waals surface area contributed by atoms with Crippen molar-refractivity contribution in [2.24, 2.45) is 0 Å². The van der Waals surface area contributed by atoms with Crippen LogP contribution in [-0.4, -0.2) is 25.4 Å². The van der Waals surface area contributed by atoms with Crippen LogP contribution >= 0.6 is 0 Å². The first-order valence-electron chi connectivity index (χ1n) is 7.19. The Bertz CT molecular complexity index is 397. The van der Waals surface area contributed by atoms with E-state index in [1.165, 1.54) is 0 Å². The summed E-state index contributed by atoms with van der Waals surface area (Å²) in [5, 5.41) is 3.15. The highest BCUT2D eigenvalue weighted by molar-refractivity contribution is 5.68. The van der Waals surface area contributed by atoms with Gasteiger partial charge in [0.2, 0.25) is 0 Å². The summed E-state index contributed by atoms with van der Waals surface area (Å²) < 4.78 is 17.5. The van der Waals surface area contributed by atoms with Crippen molar-refractivity contribution in [3.05, 3.63) is 12.1 Å². The Morgan fingerprint density at radius 3 is 1.45 bits per heavy atom. The molecule has 4 nitrogen and oxygen atoms in total. The van der Waals surface area contributed by atoms with Crippen molar-refractivity contribution in [3.8, 4) is 17.2 Å². The van der Waals surface area contributed by atoms with Crippen LogP contribution in [0.1, 0.15) is 41.5 Å². The van der Waals surface area contributed by atoms with Crippen LogP contribution in [0.3, 0.4) is 0 Å². The lowest BCUT2D eigenvalue weighted by molar-refractivity contribution is 0.218. The van der Waals surface area contributed by atoms with Gasteiger partial charge in [-0.05, 0) is 41.5 Å². The molecule has 1 rings (SSSR count). The van der Waals surface area contributed by atoms with Crippen molar-refractivity contribution in [3.63, 3.8) is 0 Å². The van der Waals surface area contributed by atoms with Crippen LogP contribution in [0.2, 0.25) is 0 Å². The maximum atomic E-state index is 5.86. The highest BCUT2D eigenvalue weighted by Crippen LogP contribution is 2.40. The van der Waals surface area contributed by atoms with E-state index in [0.717, 1.165) is 22.9 Å². The molecule has 0 aliphatic rings. The molecule has 0 spiro atoms. The fourth-order valence-corrected chi connectivity index (χ4v) is 1.85. The summed E-state index contributed by atoms with van der Waals surface area (Å²) in [6.45, 7) is 12.0. The van der Waals surface area contributed by atoms with Gasteiger partial charge in [0.15, 0.2) is 0 Å². The summed E-state index contributed by atoms with van der Waals surface area (Å²) in [4.78, 5) is 0. The largest absolute Gasteiger partial charge is 0.491 e. The summed E-state index contributed by atoms with van der Waals surface area (Å²) in [6.07, 6.45) is 0.279. The number of anilines is 1. The van der Waals surface area contributed by atoms with Gasteiger partial charge in [0.1, 0.15) is 22.9 Å². The summed E-state index contributed by atoms with van der Waals surface area (Å²) >= 11 is 0. The van der Waals surface area contributed by atoms with Crippen LogP contribution < -0.4 is 19.5 Å². The molecule has 0 aliphatic carbocycles. The minimum Gasteiger partial charge on any atom is -0.491 e. The van der Waals surface area contributed by atoms with Gasteiger partial charge >= 0.3 is 0 Å². The molecular formula is C16H27NO3. The van der Waals surface area contributed by atoms with E-state index in [9.17, 15) is 0 Å². The Balaban J connectivity index is 3.23. The molecule has 0 radical (unpaired) electrons. The van der Waals surface area contributed by atoms with Crippen molar-refractivity contribution in [1.82, 2.24) is 0 Å². The molecule has 114 valence electrons. The molecule has 0 saturated heterocycles. The number of benzene rings is 1. The van der Waals surface area contributed by atoms with E-state index in [-0.39, 0.29) is 18.3 Å². The van der Waals surface area contributed by atoms with Gasteiger partial charge in [0.05, 0.1) is 18.3 Å². The Morgan fingerprint density at radius 2 is 1.15 bits per heavy atom. The fourth-order valence-electron chi connectivity index (χ4n) is 1.85. The second-order valence-electron chi connectivity index (χ2n) is 5.54. The predicted octanol–water partition coefficient (Wildman–Crippen LogP) is 4.09. The smallest absolute Gasteiger partial charge is 0.150 e. The van der Waals surface area contributed by atoms with Crippen LogP contribution in [0, 0.1) is 0 Å². The van der Waals surface area contributed by atoms with Crippen LogP contribution in [0.15, 0.2) is 12.1 Å². The van der Waals surface area contributed by atoms with E-state index < -0.39 is 0 Å². The van der Waals surface area contributed by atoms with Gasteiger partial charge in [-0.2, -0.15) is 0 Å². The Morgan fingerprint density at radius 1 is 0.750 bits per heavy atom. The molecule has 0 amide bonds. The van der Waals surface area contributed by atoms with E-state index in [2.05, 4.69) is 5.32 Å². The van der Waals surface area contributed by atoms with E-state index in [0.29, 0.717) is 0 Å². The molecule has 0 heterocycles. The third-order valence-electron chi connectivity index (χ3n) is 2.39. The van der Waals surface area contributed by atoms with Crippen molar-refractivity contribution >= 4 is 5.69 Å². The molecule has 4 heteroatoms. The molecule has 0 atom stereocenters. The van der Waals surface area contributed by atoms with E-state index >= 15 is 0 Å². The summed E-state index contributed by atoms with van der Waals surface area (Å²) in [5.74, 6) is 2.25. The van der Waals surface area contributed by atoms with Crippen molar-refractivity contribution in [2.75, 3.05) is 12.4 Å². The third-order valence-corrected chi connectivity index (χ3v) is 2.39. The van der Waals surface area contributed by atoms with Gasteiger partial charge in [-0.15, -0.1) is 0 Å². The predicted molar refractivity (Wildman–Crippen MR) is 83.3 cm³/mol. The zero-order valence-corrected chi connectivity index (χ0v) is 13.6. The van der Waals surface area contributed by atoms with Crippen molar-refractivity contribution in [2.45, 2.75) is 59.9 Å². The van der Waals surface area contributed by atoms with Gasteiger partial charge in [-0.1, -0.05) is 0 Å². The van der Waals surface area contributed by atoms with Crippen LogP contribution in [-0.2, 0) is 0 Å². The van der Waals surface area contributed by atoms with Gasteiger partial charge in [-0.3, -0.25) is 0 Å². The molecule has 20 heavy (non-hydrogen) atoms. The lowest BCUT2D eigenvalue weighted by Crippen LogP contribution is -2.12. The number of ether oxygens (including phenoxy) is 3. The van der Waals surface area contributed by atoms with Crippen LogP contribution in [0.5, 0.6) is 17.2 Å². The summed E-state index contributed by atoms with van der Waals surface area (Å²) in [6, 6.07) is 3.80. The van der Waals surface area contributed by atoms with Gasteiger partial charge in [-0.25, -0.2) is 0 Å². The molecular weight excluding hydrogens is 254 g/mol. The lowest BCUT2D eigenvalue weighted by atomic mass is 10.2. The monoisotopic (exact) mass is 281 g/mol. The van der Waals surface area contributed by atoms with Crippen molar-refractivity contribution in [1.29, 1.82) is 0 Å². The first-order chi connectivity index (χ1) is 9.33. The average Bonchev–Trinajstić information content (AvgIpc) is 2.26. The molecule has 1 N–H and O–H groups in total. The highest BCUT2D eigenvalue weighted by Gasteiger charge is 2.16. The molecule has 0 aromatic heterocycles. The molecule has 0 saturated carbocycles. The topological polar surface area (TPSA) is 39.7 Å². The average molecular weight is 281 g/mol. The molecule has 1 aromatic rings. The lowest BCUT2D eigenvalue weighted by Gasteiger charge is -2.21. The first-order valence-corrected chi connectivity index (χ1v) is 7.19. The quantitative estimate of drug-likeness (QED) is 0.817. The number of rotatable bonds is 7. The maximum Gasteiger partial charge on any atom is 0.150 e. The van der Waals surface area contributed by atoms with Crippen LogP contribution in [0.4, 0.5) is 5.69 Å². The number of hydrogen-bond acceptors (Lipinski definition) is 4. The number of nitrogens with one attached hydrogen (secondary N) is 1. The van der Waals surface area contributed by atoms with Gasteiger partial charge < -0.3 is 19.5 Å². The molecule has 0 fully saturated rings. The molecule has 0 aliphatic heterocycles. The molecule has 0 bridgehead atoms. The minimum atomic E-state index is 0.0864. The van der Waals surface area contributed by atoms with E-state index in [1.54, 1.807) is 0 Å². The van der Waals surface area contributed by atoms with Crippen LogP contribution in [0.25, 0.3) is 0 Å². The first kappa shape index (κ1) is 16.5. The van der Waals surface area contributed by atoms with Gasteiger partial charge in [0.25, 0.3) is 0 Å². The fraction of sp³-hybridized carbons (Fsp3) is 0.625. The highest BCUT2D eigenvalue weighted by atomic mass is 16.5. The number of hydrogen-bond donors (Lipinski definition) is 1. The SMILES string of the molecule is CNc1c(OC(C)C)cc(OC(C)C)cc1OC(C)C. The standard InChI is InChI=1S/C16H27NO3/c1-10(2)18-13-8-14(19-11(3)4)16(17-7)15(9-13)20-12(5)6/h8-12,17H,1-7H3. The Labute approximate surface area is 122 Å². The van der Waals surface area contributed by atoms with E-state index in [1.807, 2.05) is 60.7 Å². The summed E-state index contributed by atoms with van der Waals surface area (Å²) in [5.41, 5.74) is 0.850. The second kappa shape index (κ2) is 7.27. The Kier molecular flexibility index (Phi) is 5.99. The normalized spacial score (nSPS) is 11.1. The second-order valence-corrected chi connectivity index (χ2v) is 5.54. The summed E-state index contributed by atoms with van der Waals surface area (Å²) in [7, 11) is 1.86. The van der Waals surface area contributed by atoms with Gasteiger partial charge in [0, 0.05) is 19.2 Å². The van der Waals surface area contributed by atoms with Crippen molar-refractivity contribution < 1.29 is 14.2 Å². The maximum absolute atomic E-state index is 5.86. The molecule has 1 aromatic carbocycles. The zero-order chi connectivity index (χ0) is 15.3.